The van der Waals surface area contributed by atoms with Crippen LogP contribution in [0.4, 0.5) is 0 Å². The van der Waals surface area contributed by atoms with Gasteiger partial charge >= 0.3 is 0 Å². The third-order valence-corrected chi connectivity index (χ3v) is 5.12. The molecular weight excluding hydrogens is 262 g/mol. The third-order valence-electron chi connectivity index (χ3n) is 5.12. The van der Waals surface area contributed by atoms with Gasteiger partial charge in [0.2, 0.25) is 0 Å². The first-order valence-corrected chi connectivity index (χ1v) is 8.65. The van der Waals surface area contributed by atoms with Crippen LogP contribution in [0.15, 0.2) is 16.5 Å². The van der Waals surface area contributed by atoms with Crippen LogP contribution in [0.1, 0.15) is 80.5 Å². The van der Waals surface area contributed by atoms with E-state index in [0.29, 0.717) is 17.8 Å². The Labute approximate surface area is 127 Å². The summed E-state index contributed by atoms with van der Waals surface area (Å²) in [6, 6.07) is 4.60. The Kier molecular flexibility index (Phi) is 4.67. The summed E-state index contributed by atoms with van der Waals surface area (Å²) in [5.41, 5.74) is 0. The van der Waals surface area contributed by atoms with Crippen LogP contribution >= 0.6 is 0 Å². The van der Waals surface area contributed by atoms with E-state index in [9.17, 15) is 4.79 Å². The number of amides is 1. The second kappa shape index (κ2) is 6.67. The molecule has 0 aliphatic heterocycles. The molecule has 0 atom stereocenters. The highest BCUT2D eigenvalue weighted by Crippen LogP contribution is 2.31. The summed E-state index contributed by atoms with van der Waals surface area (Å²) in [5.74, 6) is 1.48. The molecule has 0 N–H and O–H groups in total. The highest BCUT2D eigenvalue weighted by atomic mass is 16.3. The lowest BCUT2D eigenvalue weighted by molar-refractivity contribution is 0.0416. The van der Waals surface area contributed by atoms with Gasteiger partial charge in [0.25, 0.3) is 5.91 Å². The van der Waals surface area contributed by atoms with E-state index >= 15 is 0 Å². The number of carbonyl (C=O) groups is 1. The molecule has 3 rings (SSSR count). The average molecular weight is 289 g/mol. The van der Waals surface area contributed by atoms with Crippen LogP contribution in [0.5, 0.6) is 0 Å². The molecule has 2 fully saturated rings. The van der Waals surface area contributed by atoms with Crippen LogP contribution in [0.25, 0.3) is 0 Å². The summed E-state index contributed by atoms with van der Waals surface area (Å²) in [6.07, 6.45) is 12.4. The van der Waals surface area contributed by atoms with Crippen molar-refractivity contribution in [2.75, 3.05) is 0 Å². The Bertz CT molecular complexity index is 449. The van der Waals surface area contributed by atoms with Crippen molar-refractivity contribution in [2.45, 2.75) is 83.2 Å². The highest BCUT2D eigenvalue weighted by Gasteiger charge is 2.34. The number of furan rings is 1. The third kappa shape index (κ3) is 3.33. The number of aryl methyl sites for hydroxylation is 1. The van der Waals surface area contributed by atoms with Gasteiger partial charge in [0.15, 0.2) is 5.76 Å². The molecule has 0 unspecified atom stereocenters. The van der Waals surface area contributed by atoms with E-state index in [1.807, 2.05) is 19.1 Å². The summed E-state index contributed by atoms with van der Waals surface area (Å²) in [6.45, 7) is 1.91. The van der Waals surface area contributed by atoms with Crippen molar-refractivity contribution in [3.05, 3.63) is 23.7 Å². The lowest BCUT2D eigenvalue weighted by Crippen LogP contribution is -2.48. The van der Waals surface area contributed by atoms with Crippen LogP contribution in [-0.2, 0) is 0 Å². The average Bonchev–Trinajstić information content (AvgIpc) is 2.96. The van der Waals surface area contributed by atoms with E-state index < -0.39 is 0 Å². The molecule has 1 aromatic rings. The van der Waals surface area contributed by atoms with E-state index in [1.54, 1.807) is 0 Å². The first-order chi connectivity index (χ1) is 10.3. The van der Waals surface area contributed by atoms with Crippen LogP contribution in [0, 0.1) is 6.92 Å². The molecule has 3 nitrogen and oxygen atoms in total. The summed E-state index contributed by atoms with van der Waals surface area (Å²) >= 11 is 0. The summed E-state index contributed by atoms with van der Waals surface area (Å²) in [4.78, 5) is 15.2. The van der Waals surface area contributed by atoms with Crippen molar-refractivity contribution >= 4 is 5.91 Å². The Morgan fingerprint density at radius 1 is 0.952 bits per heavy atom. The van der Waals surface area contributed by atoms with Gasteiger partial charge in [-0.05, 0) is 44.7 Å². The van der Waals surface area contributed by atoms with E-state index in [-0.39, 0.29) is 5.91 Å². The molecule has 1 amide bonds. The van der Waals surface area contributed by atoms with Gasteiger partial charge in [-0.25, -0.2) is 0 Å². The molecule has 0 spiro atoms. The van der Waals surface area contributed by atoms with Gasteiger partial charge in [0.05, 0.1) is 0 Å². The molecule has 0 aromatic carbocycles. The molecule has 2 saturated carbocycles. The quantitative estimate of drug-likeness (QED) is 0.808. The lowest BCUT2D eigenvalue weighted by atomic mass is 9.88. The minimum absolute atomic E-state index is 0.127. The second-order valence-corrected chi connectivity index (χ2v) is 6.71. The van der Waals surface area contributed by atoms with Crippen LogP contribution < -0.4 is 0 Å². The van der Waals surface area contributed by atoms with Gasteiger partial charge in [-0.3, -0.25) is 4.79 Å². The zero-order valence-corrected chi connectivity index (χ0v) is 13.1. The molecule has 116 valence electrons. The van der Waals surface area contributed by atoms with Crippen molar-refractivity contribution in [1.29, 1.82) is 0 Å². The maximum atomic E-state index is 13.0. The van der Waals surface area contributed by atoms with Crippen molar-refractivity contribution in [3.63, 3.8) is 0 Å². The van der Waals surface area contributed by atoms with Gasteiger partial charge in [0, 0.05) is 12.1 Å². The number of nitrogens with zero attached hydrogens (tertiary/aromatic N) is 1. The number of hydrogen-bond acceptors (Lipinski definition) is 2. The van der Waals surface area contributed by atoms with Crippen LogP contribution in [0.3, 0.4) is 0 Å². The second-order valence-electron chi connectivity index (χ2n) is 6.71. The topological polar surface area (TPSA) is 33.5 Å². The van der Waals surface area contributed by atoms with Crippen molar-refractivity contribution in [1.82, 2.24) is 4.90 Å². The largest absolute Gasteiger partial charge is 0.456 e. The first kappa shape index (κ1) is 14.7. The molecule has 0 bridgehead atoms. The van der Waals surface area contributed by atoms with Crippen molar-refractivity contribution in [3.8, 4) is 0 Å². The zero-order chi connectivity index (χ0) is 14.7. The normalized spacial score (nSPS) is 21.4. The minimum Gasteiger partial charge on any atom is -0.456 e. The molecular formula is C18H27NO2. The Balaban J connectivity index is 1.81. The molecule has 2 aliphatic carbocycles. The predicted molar refractivity (Wildman–Crippen MR) is 83.4 cm³/mol. The fourth-order valence-electron chi connectivity index (χ4n) is 4.02. The van der Waals surface area contributed by atoms with Gasteiger partial charge in [-0.15, -0.1) is 0 Å². The Hall–Kier alpha value is -1.25. The SMILES string of the molecule is Cc1ccc(C(=O)N(C2CCCCC2)C2CCCCC2)o1. The fraction of sp³-hybridized carbons (Fsp3) is 0.722. The lowest BCUT2D eigenvalue weighted by Gasteiger charge is -2.41. The molecule has 3 heteroatoms. The smallest absolute Gasteiger partial charge is 0.290 e. The zero-order valence-electron chi connectivity index (χ0n) is 13.1. The van der Waals surface area contributed by atoms with Gasteiger partial charge in [-0.2, -0.15) is 0 Å². The molecule has 2 aliphatic rings. The van der Waals surface area contributed by atoms with E-state index in [4.69, 9.17) is 4.42 Å². The molecule has 1 aromatic heterocycles. The summed E-state index contributed by atoms with van der Waals surface area (Å²) in [5, 5.41) is 0. The Morgan fingerprint density at radius 2 is 1.48 bits per heavy atom. The monoisotopic (exact) mass is 289 g/mol. The Morgan fingerprint density at radius 3 is 1.90 bits per heavy atom. The molecule has 0 radical (unpaired) electrons. The summed E-state index contributed by atoms with van der Waals surface area (Å²) in [7, 11) is 0. The molecule has 0 saturated heterocycles. The minimum atomic E-state index is 0.127. The maximum absolute atomic E-state index is 13.0. The van der Waals surface area contributed by atoms with Crippen LogP contribution in [0.2, 0.25) is 0 Å². The van der Waals surface area contributed by atoms with Gasteiger partial charge in [0.1, 0.15) is 5.76 Å². The van der Waals surface area contributed by atoms with Crippen LogP contribution in [-0.4, -0.2) is 22.9 Å². The summed E-state index contributed by atoms with van der Waals surface area (Å²) < 4.78 is 5.62. The maximum Gasteiger partial charge on any atom is 0.290 e. The van der Waals surface area contributed by atoms with Crippen molar-refractivity contribution in [2.24, 2.45) is 0 Å². The molecule has 1 heterocycles. The molecule has 21 heavy (non-hydrogen) atoms. The van der Waals surface area contributed by atoms with Gasteiger partial charge < -0.3 is 9.32 Å². The number of carbonyl (C=O) groups excluding carboxylic acids is 1. The fourth-order valence-corrected chi connectivity index (χ4v) is 4.02. The number of rotatable bonds is 3. The van der Waals surface area contributed by atoms with E-state index in [1.165, 1.54) is 64.2 Å². The number of hydrogen-bond donors (Lipinski definition) is 0. The van der Waals surface area contributed by atoms with E-state index in [0.717, 1.165) is 5.76 Å². The standard InChI is InChI=1S/C18H27NO2/c1-14-12-13-17(21-14)18(20)19(15-8-4-2-5-9-15)16-10-6-3-7-11-16/h12-13,15-16H,2-11H2,1H3. The highest BCUT2D eigenvalue weighted by molar-refractivity contribution is 5.92. The van der Waals surface area contributed by atoms with Gasteiger partial charge in [-0.1, -0.05) is 38.5 Å². The first-order valence-electron chi connectivity index (χ1n) is 8.65. The van der Waals surface area contributed by atoms with E-state index in [2.05, 4.69) is 4.90 Å². The van der Waals surface area contributed by atoms with Crippen molar-refractivity contribution < 1.29 is 9.21 Å². The predicted octanol–water partition coefficient (Wildman–Crippen LogP) is 4.70.